The summed E-state index contributed by atoms with van der Waals surface area (Å²) >= 11 is 6.17. The summed E-state index contributed by atoms with van der Waals surface area (Å²) in [7, 11) is 0. The highest BCUT2D eigenvalue weighted by Crippen LogP contribution is 2.31. The van der Waals surface area contributed by atoms with Gasteiger partial charge in [-0.15, -0.1) is 0 Å². The van der Waals surface area contributed by atoms with Gasteiger partial charge in [0.05, 0.1) is 6.33 Å². The van der Waals surface area contributed by atoms with Gasteiger partial charge in [0.2, 0.25) is 11.8 Å². The van der Waals surface area contributed by atoms with Gasteiger partial charge in [0.1, 0.15) is 0 Å². The number of likely N-dealkylation sites (tertiary alicyclic amines) is 2. The van der Waals surface area contributed by atoms with Crippen LogP contribution in [0, 0.1) is 5.92 Å². The molecule has 2 fully saturated rings. The molecule has 2 amide bonds. The van der Waals surface area contributed by atoms with Crippen LogP contribution in [0.2, 0.25) is 5.02 Å². The molecule has 4 rings (SSSR count). The van der Waals surface area contributed by atoms with Crippen LogP contribution in [0.5, 0.6) is 0 Å². The number of nitrogens with zero attached hydrogens (tertiary/aromatic N) is 4. The summed E-state index contributed by atoms with van der Waals surface area (Å²) in [6.45, 7) is 3.01. The molecule has 2 saturated heterocycles. The zero-order chi connectivity index (χ0) is 20.9. The second kappa shape index (κ2) is 9.47. The van der Waals surface area contributed by atoms with Crippen LogP contribution in [-0.2, 0) is 16.1 Å². The summed E-state index contributed by atoms with van der Waals surface area (Å²) < 4.78 is 2.04. The molecule has 0 saturated carbocycles. The third kappa shape index (κ3) is 4.75. The van der Waals surface area contributed by atoms with Crippen LogP contribution < -0.4 is 0 Å². The van der Waals surface area contributed by atoms with Crippen molar-refractivity contribution < 1.29 is 9.59 Å². The first kappa shape index (κ1) is 20.7. The van der Waals surface area contributed by atoms with Gasteiger partial charge in [-0.3, -0.25) is 9.59 Å². The van der Waals surface area contributed by atoms with E-state index in [2.05, 4.69) is 9.88 Å². The molecular formula is C23H27ClN4O2. The number of hydrogen-bond acceptors (Lipinski definition) is 3. The maximum absolute atomic E-state index is 12.7. The first-order valence-electron chi connectivity index (χ1n) is 10.6. The third-order valence-corrected chi connectivity index (χ3v) is 6.48. The van der Waals surface area contributed by atoms with Crippen LogP contribution in [0.1, 0.15) is 31.2 Å². The zero-order valence-corrected chi connectivity index (χ0v) is 17.7. The van der Waals surface area contributed by atoms with E-state index in [4.69, 9.17) is 11.6 Å². The number of aryl methyl sites for hydroxylation is 1. The fourth-order valence-corrected chi connectivity index (χ4v) is 4.76. The largest absolute Gasteiger partial charge is 0.339 e. The minimum Gasteiger partial charge on any atom is -0.339 e. The Bertz CT molecular complexity index is 912. The number of hydrogen-bond donors (Lipinski definition) is 0. The molecule has 0 radical (unpaired) electrons. The summed E-state index contributed by atoms with van der Waals surface area (Å²) in [5, 5.41) is 0.636. The van der Waals surface area contributed by atoms with Crippen LogP contribution in [-0.4, -0.2) is 56.8 Å². The zero-order valence-electron chi connectivity index (χ0n) is 17.0. The highest BCUT2D eigenvalue weighted by atomic mass is 35.5. The van der Waals surface area contributed by atoms with Crippen LogP contribution in [0.25, 0.3) is 6.08 Å². The molecule has 3 heterocycles. The van der Waals surface area contributed by atoms with Gasteiger partial charge < -0.3 is 14.4 Å². The lowest BCUT2D eigenvalue weighted by atomic mass is 9.83. The fourth-order valence-electron chi connectivity index (χ4n) is 4.56. The predicted molar refractivity (Wildman–Crippen MR) is 117 cm³/mol. The van der Waals surface area contributed by atoms with Crippen molar-refractivity contribution >= 4 is 29.5 Å². The topological polar surface area (TPSA) is 58.4 Å². The van der Waals surface area contributed by atoms with E-state index in [1.807, 2.05) is 39.9 Å². The molecule has 158 valence electrons. The summed E-state index contributed by atoms with van der Waals surface area (Å²) in [4.78, 5) is 33.3. The summed E-state index contributed by atoms with van der Waals surface area (Å²) in [6.07, 6.45) is 12.1. The second-order valence-corrected chi connectivity index (χ2v) is 8.44. The van der Waals surface area contributed by atoms with Gasteiger partial charge in [-0.1, -0.05) is 29.8 Å². The van der Waals surface area contributed by atoms with Crippen molar-refractivity contribution in [1.29, 1.82) is 0 Å². The van der Waals surface area contributed by atoms with Gasteiger partial charge in [-0.25, -0.2) is 4.98 Å². The Labute approximate surface area is 182 Å². The molecule has 1 aromatic heterocycles. The van der Waals surface area contributed by atoms with Crippen LogP contribution in [0.15, 0.2) is 49.1 Å². The number of halogens is 1. The fraction of sp³-hybridized carbons (Fsp3) is 0.435. The highest BCUT2D eigenvalue weighted by Gasteiger charge is 2.39. The molecule has 2 aliphatic heterocycles. The van der Waals surface area contributed by atoms with E-state index in [1.165, 1.54) is 0 Å². The normalized spacial score (nSPS) is 21.8. The molecule has 1 aromatic carbocycles. The first-order valence-corrected chi connectivity index (χ1v) is 11.0. The summed E-state index contributed by atoms with van der Waals surface area (Å²) in [5.74, 6) is 0.611. The van der Waals surface area contributed by atoms with Crippen molar-refractivity contribution in [3.63, 3.8) is 0 Å². The molecule has 0 N–H and O–H groups in total. The van der Waals surface area contributed by atoms with Crippen LogP contribution in [0.4, 0.5) is 0 Å². The van der Waals surface area contributed by atoms with Gasteiger partial charge in [-0.05, 0) is 42.9 Å². The number of amides is 2. The van der Waals surface area contributed by atoms with Crippen molar-refractivity contribution in [2.24, 2.45) is 5.92 Å². The Morgan fingerprint density at radius 3 is 2.90 bits per heavy atom. The van der Waals surface area contributed by atoms with E-state index in [0.717, 1.165) is 37.9 Å². The Kier molecular flexibility index (Phi) is 6.53. The first-order chi connectivity index (χ1) is 14.6. The SMILES string of the molecule is O=C(C=Cc1ccccc1Cl)N1CC[C@H]2[C@H](CCC(=O)N2CCCn2ccnc2)C1. The Hall–Kier alpha value is -2.60. The van der Waals surface area contributed by atoms with E-state index < -0.39 is 0 Å². The van der Waals surface area contributed by atoms with Gasteiger partial charge in [-0.2, -0.15) is 0 Å². The van der Waals surface area contributed by atoms with Gasteiger partial charge in [0.15, 0.2) is 0 Å². The Balaban J connectivity index is 1.33. The number of carbonyl (C=O) groups is 2. The molecule has 0 spiro atoms. The second-order valence-electron chi connectivity index (χ2n) is 8.04. The van der Waals surface area contributed by atoms with Gasteiger partial charge in [0.25, 0.3) is 0 Å². The average Bonchev–Trinajstić information content (AvgIpc) is 3.28. The van der Waals surface area contributed by atoms with Gasteiger partial charge >= 0.3 is 0 Å². The quantitative estimate of drug-likeness (QED) is 0.664. The number of fused-ring (bicyclic) bond motifs is 1. The van der Waals surface area contributed by atoms with Crippen molar-refractivity contribution in [3.8, 4) is 0 Å². The van der Waals surface area contributed by atoms with E-state index >= 15 is 0 Å². The predicted octanol–water partition coefficient (Wildman–Crippen LogP) is 3.48. The maximum atomic E-state index is 12.7. The minimum atomic E-state index is 0.0110. The molecule has 0 unspecified atom stereocenters. The van der Waals surface area contributed by atoms with Crippen molar-refractivity contribution in [2.75, 3.05) is 19.6 Å². The van der Waals surface area contributed by atoms with Gasteiger partial charge in [0, 0.05) is 62.1 Å². The van der Waals surface area contributed by atoms with E-state index in [1.54, 1.807) is 24.7 Å². The molecule has 0 aliphatic carbocycles. The molecule has 6 nitrogen and oxygen atoms in total. The Morgan fingerprint density at radius 2 is 2.10 bits per heavy atom. The molecule has 2 aliphatic rings. The summed E-state index contributed by atoms with van der Waals surface area (Å²) in [6, 6.07) is 7.73. The average molecular weight is 427 g/mol. The number of imidazole rings is 1. The third-order valence-electron chi connectivity index (χ3n) is 6.14. The summed E-state index contributed by atoms with van der Waals surface area (Å²) in [5.41, 5.74) is 0.842. The molecule has 7 heteroatoms. The monoisotopic (exact) mass is 426 g/mol. The number of piperidine rings is 2. The highest BCUT2D eigenvalue weighted by molar-refractivity contribution is 6.32. The van der Waals surface area contributed by atoms with Crippen LogP contribution in [0.3, 0.4) is 0 Å². The van der Waals surface area contributed by atoms with Crippen LogP contribution >= 0.6 is 11.6 Å². The lowest BCUT2D eigenvalue weighted by molar-refractivity contribution is -0.143. The number of benzene rings is 1. The molecule has 0 bridgehead atoms. The minimum absolute atomic E-state index is 0.0110. The van der Waals surface area contributed by atoms with E-state index in [0.29, 0.717) is 30.5 Å². The number of aromatic nitrogens is 2. The van der Waals surface area contributed by atoms with Crippen molar-refractivity contribution in [2.45, 2.75) is 38.3 Å². The number of rotatable bonds is 6. The van der Waals surface area contributed by atoms with E-state index in [-0.39, 0.29) is 17.9 Å². The van der Waals surface area contributed by atoms with Crippen molar-refractivity contribution in [3.05, 3.63) is 59.6 Å². The maximum Gasteiger partial charge on any atom is 0.246 e. The molecule has 2 aromatic rings. The molecule has 30 heavy (non-hydrogen) atoms. The smallest absolute Gasteiger partial charge is 0.246 e. The van der Waals surface area contributed by atoms with Crippen molar-refractivity contribution in [1.82, 2.24) is 19.4 Å². The molecule has 2 atom stereocenters. The standard InChI is InChI=1S/C23H27ClN4O2/c24-20-5-2-1-4-18(20)6-8-22(29)27-14-10-21-19(16-27)7-9-23(30)28(21)13-3-12-26-15-11-25-17-26/h1-2,4-6,8,11,15,17,19,21H,3,7,9-10,12-14,16H2/t19-,21+/m1/s1. The van der Waals surface area contributed by atoms with E-state index in [9.17, 15) is 9.59 Å². The number of carbonyl (C=O) groups excluding carboxylic acids is 2. The molecular weight excluding hydrogens is 400 g/mol. The lowest BCUT2D eigenvalue weighted by Gasteiger charge is -2.47. The lowest BCUT2D eigenvalue weighted by Crippen LogP contribution is -2.56. The Morgan fingerprint density at radius 1 is 1.23 bits per heavy atom.